The highest BCUT2D eigenvalue weighted by Crippen LogP contribution is 2.17. The maximum atomic E-state index is 12.1. The molecule has 20 heavy (non-hydrogen) atoms. The summed E-state index contributed by atoms with van der Waals surface area (Å²) in [4.78, 5) is 9.98. The summed E-state index contributed by atoms with van der Waals surface area (Å²) in [7, 11) is -3.71. The molecule has 1 aromatic rings. The van der Waals surface area contributed by atoms with E-state index in [2.05, 4.69) is 10.0 Å². The van der Waals surface area contributed by atoms with Gasteiger partial charge in [0.05, 0.1) is 9.82 Å². The van der Waals surface area contributed by atoms with Crippen LogP contribution >= 0.6 is 0 Å². The normalized spacial score (nSPS) is 19.7. The van der Waals surface area contributed by atoms with Crippen molar-refractivity contribution < 1.29 is 13.3 Å². The Balaban J connectivity index is 2.05. The average molecular weight is 299 g/mol. The Morgan fingerprint density at radius 2 is 2.20 bits per heavy atom. The molecule has 1 saturated heterocycles. The zero-order valence-corrected chi connectivity index (χ0v) is 11.7. The number of nitrogens with one attached hydrogen (secondary N) is 2. The fourth-order valence-corrected chi connectivity index (χ4v) is 3.28. The first-order chi connectivity index (χ1) is 9.49. The molecule has 1 atom stereocenters. The molecule has 8 heteroatoms. The SMILES string of the molecule is O=[N+]([O-])c1cccc(S(=O)(=O)NCC2CCCCN2)c1. The van der Waals surface area contributed by atoms with E-state index in [1.165, 1.54) is 18.2 Å². The topological polar surface area (TPSA) is 101 Å². The summed E-state index contributed by atoms with van der Waals surface area (Å²) in [6.07, 6.45) is 3.11. The Bertz CT molecular complexity index is 582. The molecular formula is C12H17N3O4S. The molecule has 7 nitrogen and oxygen atoms in total. The lowest BCUT2D eigenvalue weighted by Gasteiger charge is -2.23. The fraction of sp³-hybridized carbons (Fsp3) is 0.500. The molecule has 0 spiro atoms. The summed E-state index contributed by atoms with van der Waals surface area (Å²) in [6.45, 7) is 1.19. The third kappa shape index (κ3) is 3.75. The zero-order chi connectivity index (χ0) is 14.6. The first kappa shape index (κ1) is 14.9. The van der Waals surface area contributed by atoms with E-state index in [0.717, 1.165) is 31.9 Å². The third-order valence-corrected chi connectivity index (χ3v) is 4.69. The van der Waals surface area contributed by atoms with Crippen LogP contribution in [-0.4, -0.2) is 32.5 Å². The van der Waals surface area contributed by atoms with Gasteiger partial charge in [0, 0.05) is 24.7 Å². The van der Waals surface area contributed by atoms with Gasteiger partial charge in [0.25, 0.3) is 5.69 Å². The summed E-state index contributed by atoms with van der Waals surface area (Å²) in [5.74, 6) is 0. The maximum absolute atomic E-state index is 12.1. The predicted octanol–water partition coefficient (Wildman–Crippen LogP) is 1.02. The summed E-state index contributed by atoms with van der Waals surface area (Å²) in [5, 5.41) is 13.9. The van der Waals surface area contributed by atoms with Gasteiger partial charge >= 0.3 is 0 Å². The molecule has 1 aliphatic heterocycles. The van der Waals surface area contributed by atoms with E-state index >= 15 is 0 Å². The highest BCUT2D eigenvalue weighted by Gasteiger charge is 2.20. The molecule has 0 aromatic heterocycles. The molecule has 1 heterocycles. The number of sulfonamides is 1. The van der Waals surface area contributed by atoms with Crippen LogP contribution in [0.2, 0.25) is 0 Å². The standard InChI is InChI=1S/C12H17N3O4S/c16-15(17)11-5-3-6-12(8-11)20(18,19)14-9-10-4-1-2-7-13-10/h3,5-6,8,10,13-14H,1-2,4,7,9H2. The maximum Gasteiger partial charge on any atom is 0.270 e. The van der Waals surface area contributed by atoms with Crippen molar-refractivity contribution in [3.8, 4) is 0 Å². The number of non-ortho nitro benzene ring substituents is 1. The van der Waals surface area contributed by atoms with Gasteiger partial charge in [-0.05, 0) is 25.5 Å². The lowest BCUT2D eigenvalue weighted by molar-refractivity contribution is -0.385. The first-order valence-corrected chi connectivity index (χ1v) is 7.95. The molecule has 1 fully saturated rings. The summed E-state index contributed by atoms with van der Waals surface area (Å²) in [6, 6.07) is 5.17. The molecule has 1 unspecified atom stereocenters. The smallest absolute Gasteiger partial charge is 0.270 e. The molecule has 0 amide bonds. The van der Waals surface area contributed by atoms with Gasteiger partial charge in [-0.25, -0.2) is 13.1 Å². The van der Waals surface area contributed by atoms with Gasteiger partial charge in [0.2, 0.25) is 10.0 Å². The molecule has 1 aromatic carbocycles. The fourth-order valence-electron chi connectivity index (χ4n) is 2.16. The van der Waals surface area contributed by atoms with Crippen LogP contribution in [0, 0.1) is 10.1 Å². The van der Waals surface area contributed by atoms with E-state index in [-0.39, 0.29) is 16.6 Å². The summed E-state index contributed by atoms with van der Waals surface area (Å²) in [5.41, 5.74) is -0.233. The van der Waals surface area contributed by atoms with Crippen molar-refractivity contribution in [3.63, 3.8) is 0 Å². The second-order valence-corrected chi connectivity index (χ2v) is 6.52. The van der Waals surface area contributed by atoms with Crippen LogP contribution in [0.25, 0.3) is 0 Å². The van der Waals surface area contributed by atoms with E-state index in [1.807, 2.05) is 0 Å². The molecule has 2 N–H and O–H groups in total. The third-order valence-electron chi connectivity index (χ3n) is 3.27. The van der Waals surface area contributed by atoms with E-state index in [0.29, 0.717) is 6.54 Å². The molecule has 0 aliphatic carbocycles. The molecule has 110 valence electrons. The number of hydrogen-bond acceptors (Lipinski definition) is 5. The Kier molecular flexibility index (Phi) is 4.69. The van der Waals surface area contributed by atoms with Crippen LogP contribution in [0.15, 0.2) is 29.2 Å². The van der Waals surface area contributed by atoms with Crippen LogP contribution in [0.4, 0.5) is 5.69 Å². The van der Waals surface area contributed by atoms with Crippen molar-refractivity contribution in [1.82, 2.24) is 10.0 Å². The van der Waals surface area contributed by atoms with Crippen molar-refractivity contribution in [2.45, 2.75) is 30.2 Å². The number of rotatable bonds is 5. The highest BCUT2D eigenvalue weighted by molar-refractivity contribution is 7.89. The second kappa shape index (κ2) is 6.29. The van der Waals surface area contributed by atoms with Gasteiger partial charge in [-0.1, -0.05) is 12.5 Å². The van der Waals surface area contributed by atoms with Crippen LogP contribution < -0.4 is 10.0 Å². The van der Waals surface area contributed by atoms with E-state index in [1.54, 1.807) is 0 Å². The van der Waals surface area contributed by atoms with E-state index in [9.17, 15) is 18.5 Å². The number of benzene rings is 1. The zero-order valence-electron chi connectivity index (χ0n) is 10.9. The Morgan fingerprint density at radius 1 is 1.40 bits per heavy atom. The Labute approximate surface area is 117 Å². The summed E-state index contributed by atoms with van der Waals surface area (Å²) >= 11 is 0. The monoisotopic (exact) mass is 299 g/mol. The van der Waals surface area contributed by atoms with Crippen LogP contribution in [0.1, 0.15) is 19.3 Å². The van der Waals surface area contributed by atoms with Gasteiger partial charge in [-0.3, -0.25) is 10.1 Å². The number of nitrogens with zero attached hydrogens (tertiary/aromatic N) is 1. The Hall–Kier alpha value is -1.51. The molecule has 2 rings (SSSR count). The largest absolute Gasteiger partial charge is 0.313 e. The van der Waals surface area contributed by atoms with Crippen LogP contribution in [0.5, 0.6) is 0 Å². The molecule has 0 bridgehead atoms. The number of hydrogen-bond donors (Lipinski definition) is 2. The first-order valence-electron chi connectivity index (χ1n) is 6.46. The van der Waals surface area contributed by atoms with Gasteiger partial charge in [0.1, 0.15) is 0 Å². The van der Waals surface area contributed by atoms with Crippen molar-refractivity contribution in [2.75, 3.05) is 13.1 Å². The van der Waals surface area contributed by atoms with Crippen LogP contribution in [-0.2, 0) is 10.0 Å². The minimum atomic E-state index is -3.71. The Morgan fingerprint density at radius 3 is 2.85 bits per heavy atom. The highest BCUT2D eigenvalue weighted by atomic mass is 32.2. The molecule has 0 saturated carbocycles. The van der Waals surface area contributed by atoms with Gasteiger partial charge in [-0.15, -0.1) is 0 Å². The van der Waals surface area contributed by atoms with Crippen LogP contribution in [0.3, 0.4) is 0 Å². The van der Waals surface area contributed by atoms with Crippen molar-refractivity contribution in [3.05, 3.63) is 34.4 Å². The number of nitro benzene ring substituents is 1. The summed E-state index contributed by atoms with van der Waals surface area (Å²) < 4.78 is 26.7. The lowest BCUT2D eigenvalue weighted by Crippen LogP contribution is -2.43. The lowest BCUT2D eigenvalue weighted by atomic mass is 10.1. The van der Waals surface area contributed by atoms with Gasteiger partial charge in [0.15, 0.2) is 0 Å². The van der Waals surface area contributed by atoms with Gasteiger partial charge < -0.3 is 5.32 Å². The van der Waals surface area contributed by atoms with Crippen molar-refractivity contribution >= 4 is 15.7 Å². The number of piperidine rings is 1. The van der Waals surface area contributed by atoms with E-state index in [4.69, 9.17) is 0 Å². The van der Waals surface area contributed by atoms with Gasteiger partial charge in [-0.2, -0.15) is 0 Å². The minimum Gasteiger partial charge on any atom is -0.313 e. The molecule has 1 aliphatic rings. The average Bonchev–Trinajstić information content (AvgIpc) is 2.46. The van der Waals surface area contributed by atoms with Crippen molar-refractivity contribution in [1.29, 1.82) is 0 Å². The second-order valence-electron chi connectivity index (χ2n) is 4.75. The predicted molar refractivity (Wildman–Crippen MR) is 73.9 cm³/mol. The quantitative estimate of drug-likeness (QED) is 0.624. The van der Waals surface area contributed by atoms with Crippen molar-refractivity contribution in [2.24, 2.45) is 0 Å². The molecule has 0 radical (unpaired) electrons. The molecular weight excluding hydrogens is 282 g/mol. The van der Waals surface area contributed by atoms with E-state index < -0.39 is 14.9 Å². The number of nitro groups is 1. The minimum absolute atomic E-state index is 0.0810.